The molecule has 1 aromatic carbocycles. The van der Waals surface area contributed by atoms with Crippen molar-refractivity contribution < 1.29 is 14.3 Å². The number of amides is 1. The van der Waals surface area contributed by atoms with Crippen LogP contribution < -0.4 is 4.90 Å². The Morgan fingerprint density at radius 2 is 2.07 bits per heavy atom. The summed E-state index contributed by atoms with van der Waals surface area (Å²) in [5.41, 5.74) is 1.21. The summed E-state index contributed by atoms with van der Waals surface area (Å²) in [6.45, 7) is 1.57. The number of thiazole rings is 1. The molecule has 0 aliphatic heterocycles. The maximum absolute atomic E-state index is 12.3. The highest BCUT2D eigenvalue weighted by Crippen LogP contribution is 2.49. The largest absolute Gasteiger partial charge is 0.459 e. The van der Waals surface area contributed by atoms with E-state index in [2.05, 4.69) is 4.98 Å². The molecule has 0 saturated heterocycles. The van der Waals surface area contributed by atoms with E-state index in [1.807, 2.05) is 0 Å². The van der Waals surface area contributed by atoms with Gasteiger partial charge in [-0.2, -0.15) is 0 Å². The zero-order valence-electron chi connectivity index (χ0n) is 16.1. The first-order chi connectivity index (χ1) is 13.9. The SMILES string of the molecule is CC(=O)N(c1ccc(Cl)c(Cl)c1)c1nc(COC(=O)C[C@H]2C[C@H]3CC[C@H]2C3)cs1. The number of fused-ring (bicyclic) bond motifs is 2. The third-order valence-corrected chi connectivity index (χ3v) is 7.52. The number of esters is 1. The number of halogens is 2. The van der Waals surface area contributed by atoms with Crippen LogP contribution in [-0.2, 0) is 20.9 Å². The molecule has 0 radical (unpaired) electrons. The second-order valence-electron chi connectivity index (χ2n) is 7.87. The summed E-state index contributed by atoms with van der Waals surface area (Å²) in [5, 5.41) is 3.08. The van der Waals surface area contributed by atoms with Gasteiger partial charge in [0, 0.05) is 18.7 Å². The fourth-order valence-corrected chi connectivity index (χ4v) is 5.73. The topological polar surface area (TPSA) is 59.5 Å². The normalized spacial score (nSPS) is 22.7. The van der Waals surface area contributed by atoms with Crippen molar-refractivity contribution in [1.29, 1.82) is 0 Å². The van der Waals surface area contributed by atoms with Gasteiger partial charge in [-0.3, -0.25) is 14.5 Å². The maximum Gasteiger partial charge on any atom is 0.306 e. The maximum atomic E-state index is 12.3. The zero-order valence-corrected chi connectivity index (χ0v) is 18.4. The number of carbonyl (C=O) groups is 2. The number of rotatable bonds is 6. The molecule has 3 atom stereocenters. The van der Waals surface area contributed by atoms with Crippen LogP contribution in [0.2, 0.25) is 10.0 Å². The van der Waals surface area contributed by atoms with E-state index in [1.165, 1.54) is 42.4 Å². The molecule has 2 aliphatic rings. The Balaban J connectivity index is 1.38. The predicted molar refractivity (Wildman–Crippen MR) is 115 cm³/mol. The molecule has 2 saturated carbocycles. The Morgan fingerprint density at radius 1 is 1.24 bits per heavy atom. The Labute approximate surface area is 184 Å². The number of aromatic nitrogens is 1. The zero-order chi connectivity index (χ0) is 20.5. The van der Waals surface area contributed by atoms with Gasteiger partial charge in [0.2, 0.25) is 5.91 Å². The van der Waals surface area contributed by atoms with Gasteiger partial charge in [-0.1, -0.05) is 29.6 Å². The monoisotopic (exact) mass is 452 g/mol. The first kappa shape index (κ1) is 20.6. The molecule has 2 aromatic rings. The van der Waals surface area contributed by atoms with Gasteiger partial charge in [0.05, 0.1) is 21.4 Å². The van der Waals surface area contributed by atoms with Crippen LogP contribution in [0.15, 0.2) is 23.6 Å². The molecule has 2 aliphatic carbocycles. The average molecular weight is 453 g/mol. The van der Waals surface area contributed by atoms with Gasteiger partial charge in [-0.15, -0.1) is 11.3 Å². The number of benzene rings is 1. The highest BCUT2D eigenvalue weighted by atomic mass is 35.5. The number of ether oxygens (including phenoxy) is 1. The van der Waals surface area contributed by atoms with E-state index in [9.17, 15) is 9.59 Å². The van der Waals surface area contributed by atoms with Crippen LogP contribution in [0.25, 0.3) is 0 Å². The second-order valence-corrected chi connectivity index (χ2v) is 9.52. The first-order valence-electron chi connectivity index (χ1n) is 9.76. The average Bonchev–Trinajstić information content (AvgIpc) is 3.40. The van der Waals surface area contributed by atoms with Crippen LogP contribution in [-0.4, -0.2) is 16.9 Å². The van der Waals surface area contributed by atoms with E-state index >= 15 is 0 Å². The molecule has 0 N–H and O–H groups in total. The lowest BCUT2D eigenvalue weighted by atomic mass is 9.86. The van der Waals surface area contributed by atoms with Gasteiger partial charge in [0.25, 0.3) is 0 Å². The molecule has 2 fully saturated rings. The first-order valence-corrected chi connectivity index (χ1v) is 11.4. The molecule has 1 aromatic heterocycles. The Hall–Kier alpha value is -1.63. The van der Waals surface area contributed by atoms with Crippen LogP contribution in [0.3, 0.4) is 0 Å². The number of carbonyl (C=O) groups excluding carboxylic acids is 2. The van der Waals surface area contributed by atoms with E-state index in [4.69, 9.17) is 27.9 Å². The Morgan fingerprint density at radius 3 is 2.72 bits per heavy atom. The minimum absolute atomic E-state index is 0.114. The summed E-state index contributed by atoms with van der Waals surface area (Å²) < 4.78 is 5.46. The predicted octanol–water partition coefficient (Wildman–Crippen LogP) is 6.00. The standard InChI is InChI=1S/C21H22Cl2N2O3S/c1-12(26)25(17-4-5-18(22)19(23)9-17)21-24-16(11-29-21)10-28-20(27)8-15-7-13-2-3-14(15)6-13/h4-5,9,11,13-15H,2-3,6-8,10H2,1H3/t13-,14-,15+/m0/s1. The summed E-state index contributed by atoms with van der Waals surface area (Å²) in [7, 11) is 0. The molecule has 0 unspecified atom stereocenters. The third kappa shape index (κ3) is 4.60. The lowest BCUT2D eigenvalue weighted by Gasteiger charge is -2.20. The molecule has 8 heteroatoms. The summed E-state index contributed by atoms with van der Waals surface area (Å²) in [5.74, 6) is 1.64. The molecule has 4 rings (SSSR count). The molecule has 2 bridgehead atoms. The lowest BCUT2D eigenvalue weighted by molar-refractivity contribution is -0.146. The van der Waals surface area contributed by atoms with Crippen molar-refractivity contribution in [2.75, 3.05) is 4.90 Å². The summed E-state index contributed by atoms with van der Waals surface area (Å²) in [4.78, 5) is 30.4. The van der Waals surface area contributed by atoms with Gasteiger partial charge >= 0.3 is 5.97 Å². The summed E-state index contributed by atoms with van der Waals surface area (Å²) in [6.07, 6.45) is 5.53. The smallest absolute Gasteiger partial charge is 0.306 e. The van der Waals surface area contributed by atoms with Gasteiger partial charge in [-0.05, 0) is 55.2 Å². The van der Waals surface area contributed by atoms with Gasteiger partial charge in [0.15, 0.2) is 5.13 Å². The highest BCUT2D eigenvalue weighted by Gasteiger charge is 2.40. The minimum atomic E-state index is -0.197. The Bertz CT molecular complexity index is 932. The van der Waals surface area contributed by atoms with Crippen molar-refractivity contribution in [3.8, 4) is 0 Å². The lowest BCUT2D eigenvalue weighted by Crippen LogP contribution is -2.22. The van der Waals surface area contributed by atoms with E-state index in [-0.39, 0.29) is 18.5 Å². The molecule has 1 amide bonds. The van der Waals surface area contributed by atoms with Gasteiger partial charge in [0.1, 0.15) is 6.61 Å². The third-order valence-electron chi connectivity index (χ3n) is 5.90. The van der Waals surface area contributed by atoms with Crippen molar-refractivity contribution in [3.05, 3.63) is 39.3 Å². The van der Waals surface area contributed by atoms with Crippen LogP contribution in [0.1, 0.15) is 44.7 Å². The van der Waals surface area contributed by atoms with Crippen molar-refractivity contribution >= 4 is 57.2 Å². The van der Waals surface area contributed by atoms with Crippen LogP contribution in [0.4, 0.5) is 10.8 Å². The highest BCUT2D eigenvalue weighted by molar-refractivity contribution is 7.14. The molecule has 154 valence electrons. The number of nitrogens with zero attached hydrogens (tertiary/aromatic N) is 2. The molecular formula is C21H22Cl2N2O3S. The van der Waals surface area contributed by atoms with E-state index in [0.717, 1.165) is 12.3 Å². The quantitative estimate of drug-likeness (QED) is 0.503. The summed E-state index contributed by atoms with van der Waals surface area (Å²) >= 11 is 13.4. The van der Waals surface area contributed by atoms with Crippen LogP contribution >= 0.6 is 34.5 Å². The van der Waals surface area contributed by atoms with Gasteiger partial charge in [-0.25, -0.2) is 4.98 Å². The molecule has 29 heavy (non-hydrogen) atoms. The van der Waals surface area contributed by atoms with E-state index in [1.54, 1.807) is 23.6 Å². The molecule has 1 heterocycles. The minimum Gasteiger partial charge on any atom is -0.459 e. The van der Waals surface area contributed by atoms with Crippen LogP contribution in [0.5, 0.6) is 0 Å². The fourth-order valence-electron chi connectivity index (χ4n) is 4.57. The fraction of sp³-hybridized carbons (Fsp3) is 0.476. The van der Waals surface area contributed by atoms with Crippen molar-refractivity contribution in [3.63, 3.8) is 0 Å². The number of hydrogen-bond donors (Lipinski definition) is 0. The number of anilines is 2. The van der Waals surface area contributed by atoms with E-state index in [0.29, 0.717) is 44.8 Å². The van der Waals surface area contributed by atoms with Crippen molar-refractivity contribution in [2.24, 2.45) is 17.8 Å². The second kappa shape index (κ2) is 8.62. The molecule has 5 nitrogen and oxygen atoms in total. The van der Waals surface area contributed by atoms with E-state index < -0.39 is 0 Å². The Kier molecular flexibility index (Phi) is 6.13. The van der Waals surface area contributed by atoms with Crippen molar-refractivity contribution in [2.45, 2.75) is 45.6 Å². The van der Waals surface area contributed by atoms with Gasteiger partial charge < -0.3 is 4.74 Å². The van der Waals surface area contributed by atoms with Crippen molar-refractivity contribution in [1.82, 2.24) is 4.98 Å². The molecule has 0 spiro atoms. The number of hydrogen-bond acceptors (Lipinski definition) is 5. The summed E-state index contributed by atoms with van der Waals surface area (Å²) in [6, 6.07) is 4.98. The molecular weight excluding hydrogens is 431 g/mol. The van der Waals surface area contributed by atoms with Crippen LogP contribution in [0, 0.1) is 17.8 Å².